The lowest BCUT2D eigenvalue weighted by atomic mass is 10.1. The zero-order chi connectivity index (χ0) is 21.6. The van der Waals surface area contributed by atoms with Gasteiger partial charge in [-0.15, -0.1) is 0 Å². The van der Waals surface area contributed by atoms with Crippen molar-refractivity contribution < 1.29 is 14.3 Å². The molecule has 0 spiro atoms. The Morgan fingerprint density at radius 2 is 1.72 bits per heavy atom. The van der Waals surface area contributed by atoms with Crippen LogP contribution >= 0.6 is 11.6 Å². The highest BCUT2D eigenvalue weighted by Crippen LogP contribution is 2.23. The van der Waals surface area contributed by atoms with Crippen LogP contribution in [0.5, 0.6) is 5.75 Å². The van der Waals surface area contributed by atoms with E-state index >= 15 is 0 Å². The Labute approximate surface area is 178 Å². The van der Waals surface area contributed by atoms with E-state index in [1.807, 2.05) is 52.0 Å². The third kappa shape index (κ3) is 7.09. The van der Waals surface area contributed by atoms with Crippen LogP contribution in [0.25, 0.3) is 0 Å². The van der Waals surface area contributed by atoms with Crippen LogP contribution in [0.4, 0.5) is 0 Å². The largest absolute Gasteiger partial charge is 0.482 e. The minimum atomic E-state index is -0.655. The van der Waals surface area contributed by atoms with Crippen LogP contribution in [0, 0.1) is 6.92 Å². The molecule has 0 radical (unpaired) electrons. The highest BCUT2D eigenvalue weighted by atomic mass is 35.5. The number of hydrogen-bond acceptors (Lipinski definition) is 3. The van der Waals surface area contributed by atoms with Crippen molar-refractivity contribution in [2.75, 3.05) is 6.61 Å². The quantitative estimate of drug-likeness (QED) is 0.729. The maximum absolute atomic E-state index is 13.0. The summed E-state index contributed by atoms with van der Waals surface area (Å²) in [4.78, 5) is 27.2. The number of amides is 2. The van der Waals surface area contributed by atoms with Gasteiger partial charge in [-0.25, -0.2) is 0 Å². The maximum Gasteiger partial charge on any atom is 0.261 e. The predicted octanol–water partition coefficient (Wildman–Crippen LogP) is 4.36. The number of benzene rings is 2. The van der Waals surface area contributed by atoms with Crippen molar-refractivity contribution in [2.24, 2.45) is 0 Å². The summed E-state index contributed by atoms with van der Waals surface area (Å²) in [6.07, 6.45) is 0. The van der Waals surface area contributed by atoms with Crippen LogP contribution in [0.2, 0.25) is 5.02 Å². The van der Waals surface area contributed by atoms with E-state index in [9.17, 15) is 9.59 Å². The van der Waals surface area contributed by atoms with Gasteiger partial charge in [0.1, 0.15) is 11.8 Å². The van der Waals surface area contributed by atoms with Gasteiger partial charge in [-0.05, 0) is 52.3 Å². The second-order valence-corrected chi connectivity index (χ2v) is 8.55. The van der Waals surface area contributed by atoms with Crippen LogP contribution in [-0.2, 0) is 16.1 Å². The molecule has 0 aromatic heterocycles. The number of halogens is 1. The fourth-order valence-corrected chi connectivity index (χ4v) is 2.92. The van der Waals surface area contributed by atoms with Gasteiger partial charge in [0.25, 0.3) is 5.91 Å². The van der Waals surface area contributed by atoms with Crippen molar-refractivity contribution >= 4 is 23.4 Å². The molecule has 2 aromatic rings. The number of ether oxygens (including phenoxy) is 1. The Morgan fingerprint density at radius 1 is 1.10 bits per heavy atom. The molecule has 0 saturated carbocycles. The number of carbonyl (C=O) groups is 2. The van der Waals surface area contributed by atoms with Crippen LogP contribution in [0.1, 0.15) is 38.8 Å². The third-order valence-electron chi connectivity index (χ3n) is 4.33. The molecule has 2 rings (SSSR count). The minimum absolute atomic E-state index is 0.206. The van der Waals surface area contributed by atoms with E-state index in [4.69, 9.17) is 16.3 Å². The van der Waals surface area contributed by atoms with Crippen LogP contribution in [0.3, 0.4) is 0 Å². The van der Waals surface area contributed by atoms with Gasteiger partial charge in [0.05, 0.1) is 5.02 Å². The first-order valence-corrected chi connectivity index (χ1v) is 9.99. The molecular weight excluding hydrogens is 388 g/mol. The lowest BCUT2D eigenvalue weighted by Gasteiger charge is -2.31. The molecule has 1 N–H and O–H groups in total. The molecule has 6 heteroatoms. The Bertz CT molecular complexity index is 844. The Hall–Kier alpha value is -2.53. The molecule has 2 aromatic carbocycles. The number of aryl methyl sites for hydroxylation is 1. The van der Waals surface area contributed by atoms with E-state index in [1.165, 1.54) is 4.90 Å². The van der Waals surface area contributed by atoms with E-state index in [2.05, 4.69) is 5.32 Å². The van der Waals surface area contributed by atoms with E-state index < -0.39 is 11.6 Å². The molecule has 0 aliphatic carbocycles. The smallest absolute Gasteiger partial charge is 0.261 e. The van der Waals surface area contributed by atoms with Crippen molar-refractivity contribution in [1.82, 2.24) is 10.2 Å². The highest BCUT2D eigenvalue weighted by Gasteiger charge is 2.28. The van der Waals surface area contributed by atoms with Crippen molar-refractivity contribution in [3.05, 3.63) is 64.7 Å². The average Bonchev–Trinajstić information content (AvgIpc) is 2.64. The normalized spacial score (nSPS) is 12.2. The van der Waals surface area contributed by atoms with Crippen LogP contribution in [-0.4, -0.2) is 34.9 Å². The van der Waals surface area contributed by atoms with Gasteiger partial charge in [-0.3, -0.25) is 9.59 Å². The summed E-state index contributed by atoms with van der Waals surface area (Å²) in [5, 5.41) is 3.37. The summed E-state index contributed by atoms with van der Waals surface area (Å²) < 4.78 is 5.61. The molecule has 1 atom stereocenters. The van der Waals surface area contributed by atoms with Gasteiger partial charge >= 0.3 is 0 Å². The van der Waals surface area contributed by atoms with Gasteiger partial charge < -0.3 is 15.0 Å². The second-order valence-electron chi connectivity index (χ2n) is 8.14. The Kier molecular flexibility index (Phi) is 7.68. The molecular formula is C23H29ClN2O3. The molecule has 0 saturated heterocycles. The van der Waals surface area contributed by atoms with Gasteiger partial charge in [0, 0.05) is 12.1 Å². The molecule has 0 unspecified atom stereocenters. The minimum Gasteiger partial charge on any atom is -0.482 e. The molecule has 156 valence electrons. The number of carbonyl (C=O) groups excluding carboxylic acids is 2. The average molecular weight is 417 g/mol. The summed E-state index contributed by atoms with van der Waals surface area (Å²) in [5.74, 6) is -0.0673. The van der Waals surface area contributed by atoms with Crippen molar-refractivity contribution in [2.45, 2.75) is 52.7 Å². The van der Waals surface area contributed by atoms with Gasteiger partial charge in [0.15, 0.2) is 6.61 Å². The lowest BCUT2D eigenvalue weighted by molar-refractivity contribution is -0.142. The van der Waals surface area contributed by atoms with E-state index in [0.717, 1.165) is 11.1 Å². The zero-order valence-electron chi connectivity index (χ0n) is 17.7. The highest BCUT2D eigenvalue weighted by molar-refractivity contribution is 6.32. The Morgan fingerprint density at radius 3 is 2.31 bits per heavy atom. The molecule has 0 aliphatic heterocycles. The lowest BCUT2D eigenvalue weighted by Crippen LogP contribution is -2.53. The topological polar surface area (TPSA) is 58.6 Å². The Balaban J connectivity index is 2.18. The van der Waals surface area contributed by atoms with Crippen molar-refractivity contribution in [3.8, 4) is 5.75 Å². The van der Waals surface area contributed by atoms with E-state index in [0.29, 0.717) is 17.3 Å². The van der Waals surface area contributed by atoms with Gasteiger partial charge in [-0.2, -0.15) is 0 Å². The fraction of sp³-hybridized carbons (Fsp3) is 0.391. The molecule has 0 aliphatic rings. The predicted molar refractivity (Wildman–Crippen MR) is 116 cm³/mol. The molecule has 0 bridgehead atoms. The number of rotatable bonds is 7. The van der Waals surface area contributed by atoms with Crippen molar-refractivity contribution in [1.29, 1.82) is 0 Å². The number of nitrogens with zero attached hydrogens (tertiary/aromatic N) is 1. The summed E-state index contributed by atoms with van der Waals surface area (Å²) in [5.41, 5.74) is 1.68. The monoisotopic (exact) mass is 416 g/mol. The van der Waals surface area contributed by atoms with Crippen molar-refractivity contribution in [3.63, 3.8) is 0 Å². The van der Waals surface area contributed by atoms with Gasteiger partial charge in [-0.1, -0.05) is 53.6 Å². The summed E-state index contributed by atoms with van der Waals surface area (Å²) in [6, 6.07) is 14.2. The molecule has 0 heterocycles. The maximum atomic E-state index is 13.0. The standard InChI is InChI=1S/C23H29ClN2O3/c1-16-10-12-18(13-11-16)14-26(17(2)22(28)25-23(3,4)5)21(27)15-29-20-9-7-6-8-19(20)24/h6-13,17H,14-15H2,1-5H3,(H,25,28)/t17-/m1/s1. The number of para-hydroxylation sites is 1. The number of nitrogens with one attached hydrogen (secondary N) is 1. The second kappa shape index (κ2) is 9.79. The number of hydrogen-bond donors (Lipinski definition) is 1. The molecule has 0 fully saturated rings. The SMILES string of the molecule is Cc1ccc(CN(C(=O)COc2ccccc2Cl)[C@H](C)C(=O)NC(C)(C)C)cc1. The van der Waals surface area contributed by atoms with E-state index in [-0.39, 0.29) is 18.4 Å². The first kappa shape index (κ1) is 22.8. The first-order valence-electron chi connectivity index (χ1n) is 9.61. The zero-order valence-corrected chi connectivity index (χ0v) is 18.4. The fourth-order valence-electron chi connectivity index (χ4n) is 2.73. The van der Waals surface area contributed by atoms with Crippen LogP contribution in [0.15, 0.2) is 48.5 Å². The van der Waals surface area contributed by atoms with Gasteiger partial charge in [0.2, 0.25) is 5.91 Å². The van der Waals surface area contributed by atoms with E-state index in [1.54, 1.807) is 31.2 Å². The first-order chi connectivity index (χ1) is 13.6. The summed E-state index contributed by atoms with van der Waals surface area (Å²) >= 11 is 6.10. The molecule has 2 amide bonds. The van der Waals surface area contributed by atoms with Crippen LogP contribution < -0.4 is 10.1 Å². The summed E-state index contributed by atoms with van der Waals surface area (Å²) in [7, 11) is 0. The third-order valence-corrected chi connectivity index (χ3v) is 4.64. The summed E-state index contributed by atoms with van der Waals surface area (Å²) in [6.45, 7) is 9.55. The molecule has 29 heavy (non-hydrogen) atoms. The molecule has 5 nitrogen and oxygen atoms in total.